The molecule has 1 aliphatic rings. The van der Waals surface area contributed by atoms with Crippen molar-refractivity contribution in [2.75, 3.05) is 30.8 Å². The molecule has 0 spiro atoms. The molecular formula is C12H17N5O. The molecule has 1 saturated heterocycles. The van der Waals surface area contributed by atoms with E-state index >= 15 is 0 Å². The van der Waals surface area contributed by atoms with Gasteiger partial charge in [0, 0.05) is 19.8 Å². The molecule has 1 aromatic rings. The molecule has 0 amide bonds. The summed E-state index contributed by atoms with van der Waals surface area (Å²) in [5, 5.41) is 11.8. The zero-order valence-corrected chi connectivity index (χ0v) is 10.2. The van der Waals surface area contributed by atoms with E-state index in [-0.39, 0.29) is 5.82 Å². The van der Waals surface area contributed by atoms with Gasteiger partial charge in [-0.05, 0) is 25.2 Å². The second kappa shape index (κ2) is 6.17. The summed E-state index contributed by atoms with van der Waals surface area (Å²) in [7, 11) is 0. The summed E-state index contributed by atoms with van der Waals surface area (Å²) in [6.45, 7) is 2.52. The molecule has 6 heteroatoms. The fourth-order valence-electron chi connectivity index (χ4n) is 1.99. The number of hydrogen-bond acceptors (Lipinski definition) is 6. The maximum Gasteiger partial charge on any atom is 0.224 e. The quantitative estimate of drug-likeness (QED) is 0.828. The first kappa shape index (κ1) is 12.6. The highest BCUT2D eigenvalue weighted by Gasteiger charge is 2.13. The minimum Gasteiger partial charge on any atom is -0.382 e. The molecule has 3 N–H and O–H groups in total. The molecular weight excluding hydrogens is 230 g/mol. The van der Waals surface area contributed by atoms with Gasteiger partial charge in [0.15, 0.2) is 0 Å². The fraction of sp³-hybridized carbons (Fsp3) is 0.583. The first-order valence-electron chi connectivity index (χ1n) is 6.14. The number of ether oxygens (including phenoxy) is 1. The topological polar surface area (TPSA) is 96.8 Å². The molecule has 6 nitrogen and oxygen atoms in total. The largest absolute Gasteiger partial charge is 0.382 e. The van der Waals surface area contributed by atoms with Crippen LogP contribution in [0.25, 0.3) is 0 Å². The second-order valence-electron chi connectivity index (χ2n) is 4.40. The third-order valence-corrected chi connectivity index (χ3v) is 3.03. The molecule has 96 valence electrons. The predicted octanol–water partition coefficient (Wildman–Crippen LogP) is 1.16. The Kier molecular flexibility index (Phi) is 4.31. The van der Waals surface area contributed by atoms with Crippen molar-refractivity contribution in [3.05, 3.63) is 11.8 Å². The van der Waals surface area contributed by atoms with Gasteiger partial charge in [-0.3, -0.25) is 0 Å². The van der Waals surface area contributed by atoms with E-state index in [1.54, 1.807) is 0 Å². The summed E-state index contributed by atoms with van der Waals surface area (Å²) in [6.07, 6.45) is 4.83. The fourth-order valence-corrected chi connectivity index (χ4v) is 1.99. The van der Waals surface area contributed by atoms with Gasteiger partial charge < -0.3 is 15.8 Å². The van der Waals surface area contributed by atoms with Crippen molar-refractivity contribution in [3.8, 4) is 6.07 Å². The SMILES string of the molecule is N#Cc1cnc(NCCC2CCCOC2)nc1N. The van der Waals surface area contributed by atoms with E-state index in [2.05, 4.69) is 15.3 Å². The van der Waals surface area contributed by atoms with Gasteiger partial charge in [0.05, 0.1) is 6.20 Å². The average molecular weight is 247 g/mol. The Labute approximate surface area is 106 Å². The Morgan fingerprint density at radius 2 is 2.50 bits per heavy atom. The standard InChI is InChI=1S/C12H17N5O/c13-6-10-7-16-12(17-11(10)14)15-4-3-9-2-1-5-18-8-9/h7,9H,1-5,8H2,(H3,14,15,16,17). The molecule has 1 aliphatic heterocycles. The van der Waals surface area contributed by atoms with Gasteiger partial charge in [0.1, 0.15) is 17.5 Å². The molecule has 1 aromatic heterocycles. The van der Waals surface area contributed by atoms with Crippen LogP contribution in [0.2, 0.25) is 0 Å². The Morgan fingerprint density at radius 1 is 1.61 bits per heavy atom. The highest BCUT2D eigenvalue weighted by atomic mass is 16.5. The molecule has 2 heterocycles. The first-order valence-corrected chi connectivity index (χ1v) is 6.14. The molecule has 2 rings (SSSR count). The van der Waals surface area contributed by atoms with E-state index in [0.29, 0.717) is 17.4 Å². The van der Waals surface area contributed by atoms with Crippen molar-refractivity contribution in [2.45, 2.75) is 19.3 Å². The lowest BCUT2D eigenvalue weighted by molar-refractivity contribution is 0.0530. The molecule has 0 radical (unpaired) electrons. The number of anilines is 2. The van der Waals surface area contributed by atoms with Gasteiger partial charge >= 0.3 is 0 Å². The monoisotopic (exact) mass is 247 g/mol. The maximum atomic E-state index is 8.71. The van der Waals surface area contributed by atoms with E-state index in [9.17, 15) is 0 Å². The van der Waals surface area contributed by atoms with Crippen LogP contribution in [0.3, 0.4) is 0 Å². The number of nitriles is 1. The van der Waals surface area contributed by atoms with Gasteiger partial charge in [-0.15, -0.1) is 0 Å². The summed E-state index contributed by atoms with van der Waals surface area (Å²) in [6, 6.07) is 1.94. The number of hydrogen-bond donors (Lipinski definition) is 2. The Bertz CT molecular complexity index is 437. The summed E-state index contributed by atoms with van der Waals surface area (Å²) in [5.74, 6) is 1.31. The smallest absolute Gasteiger partial charge is 0.224 e. The van der Waals surface area contributed by atoms with Crippen LogP contribution in [0, 0.1) is 17.2 Å². The molecule has 0 aromatic carbocycles. The predicted molar refractivity (Wildman–Crippen MR) is 67.8 cm³/mol. The van der Waals surface area contributed by atoms with Crippen LogP contribution in [-0.2, 0) is 4.74 Å². The normalized spacial score (nSPS) is 19.2. The van der Waals surface area contributed by atoms with Gasteiger partial charge in [-0.25, -0.2) is 4.98 Å². The van der Waals surface area contributed by atoms with E-state index in [0.717, 1.165) is 32.6 Å². The molecule has 0 saturated carbocycles. The summed E-state index contributed by atoms with van der Waals surface area (Å²) >= 11 is 0. The number of nitrogens with two attached hydrogens (primary N) is 1. The van der Waals surface area contributed by atoms with E-state index in [1.165, 1.54) is 12.6 Å². The Morgan fingerprint density at radius 3 is 3.17 bits per heavy atom. The number of rotatable bonds is 4. The summed E-state index contributed by atoms with van der Waals surface area (Å²) in [5.41, 5.74) is 5.92. The van der Waals surface area contributed by atoms with E-state index < -0.39 is 0 Å². The summed E-state index contributed by atoms with van der Waals surface area (Å²) < 4.78 is 5.42. The highest BCUT2D eigenvalue weighted by Crippen LogP contribution is 2.17. The number of aromatic nitrogens is 2. The van der Waals surface area contributed by atoms with Crippen LogP contribution in [-0.4, -0.2) is 29.7 Å². The lowest BCUT2D eigenvalue weighted by Crippen LogP contribution is -2.20. The molecule has 18 heavy (non-hydrogen) atoms. The van der Waals surface area contributed by atoms with Gasteiger partial charge in [0.2, 0.25) is 5.95 Å². The van der Waals surface area contributed by atoms with Crippen molar-refractivity contribution < 1.29 is 4.74 Å². The van der Waals surface area contributed by atoms with Crippen LogP contribution in [0.5, 0.6) is 0 Å². The number of nitrogen functional groups attached to an aromatic ring is 1. The molecule has 1 unspecified atom stereocenters. The maximum absolute atomic E-state index is 8.71. The minimum absolute atomic E-state index is 0.219. The zero-order chi connectivity index (χ0) is 12.8. The van der Waals surface area contributed by atoms with E-state index in [1.807, 2.05) is 6.07 Å². The number of nitrogens with zero attached hydrogens (tertiary/aromatic N) is 3. The Balaban J connectivity index is 1.79. The van der Waals surface area contributed by atoms with E-state index in [4.69, 9.17) is 15.7 Å². The highest BCUT2D eigenvalue weighted by molar-refractivity contribution is 5.49. The Hall–Kier alpha value is -1.87. The molecule has 1 fully saturated rings. The molecule has 1 atom stereocenters. The van der Waals surface area contributed by atoms with Crippen molar-refractivity contribution in [2.24, 2.45) is 5.92 Å². The summed E-state index contributed by atoms with van der Waals surface area (Å²) in [4.78, 5) is 8.07. The van der Waals surface area contributed by atoms with Crippen molar-refractivity contribution in [1.82, 2.24) is 9.97 Å². The lowest BCUT2D eigenvalue weighted by Gasteiger charge is -2.21. The van der Waals surface area contributed by atoms with Gasteiger partial charge in [0.25, 0.3) is 0 Å². The third kappa shape index (κ3) is 3.31. The van der Waals surface area contributed by atoms with Crippen LogP contribution >= 0.6 is 0 Å². The lowest BCUT2D eigenvalue weighted by atomic mass is 9.99. The van der Waals surface area contributed by atoms with Crippen molar-refractivity contribution in [1.29, 1.82) is 5.26 Å². The molecule has 0 bridgehead atoms. The van der Waals surface area contributed by atoms with Crippen LogP contribution in [0.15, 0.2) is 6.20 Å². The first-order chi connectivity index (χ1) is 8.79. The molecule has 0 aliphatic carbocycles. The minimum atomic E-state index is 0.219. The average Bonchev–Trinajstić information content (AvgIpc) is 2.40. The van der Waals surface area contributed by atoms with Crippen LogP contribution < -0.4 is 11.1 Å². The number of nitrogens with one attached hydrogen (secondary N) is 1. The third-order valence-electron chi connectivity index (χ3n) is 3.03. The van der Waals surface area contributed by atoms with Crippen molar-refractivity contribution >= 4 is 11.8 Å². The van der Waals surface area contributed by atoms with Crippen LogP contribution in [0.1, 0.15) is 24.8 Å². The van der Waals surface area contributed by atoms with Crippen LogP contribution in [0.4, 0.5) is 11.8 Å². The second-order valence-corrected chi connectivity index (χ2v) is 4.40. The van der Waals surface area contributed by atoms with Gasteiger partial charge in [-0.1, -0.05) is 0 Å². The van der Waals surface area contributed by atoms with Gasteiger partial charge in [-0.2, -0.15) is 10.2 Å². The zero-order valence-electron chi connectivity index (χ0n) is 10.2. The van der Waals surface area contributed by atoms with Crippen molar-refractivity contribution in [3.63, 3.8) is 0 Å².